The van der Waals surface area contributed by atoms with E-state index in [-0.39, 0.29) is 12.0 Å². The van der Waals surface area contributed by atoms with Crippen LogP contribution in [0.15, 0.2) is 23.5 Å². The number of hydrogen-bond donors (Lipinski definition) is 1. The molecule has 2 unspecified atom stereocenters. The van der Waals surface area contributed by atoms with Crippen LogP contribution in [0.5, 0.6) is 0 Å². The fraction of sp³-hybridized carbons (Fsp3) is 0.789. The van der Waals surface area contributed by atoms with Crippen LogP contribution in [-0.4, -0.2) is 18.8 Å². The minimum atomic E-state index is 0.144. The molecule has 0 radical (unpaired) electrons. The van der Waals surface area contributed by atoms with E-state index in [0.717, 1.165) is 12.3 Å². The van der Waals surface area contributed by atoms with E-state index in [0.29, 0.717) is 11.3 Å². The van der Waals surface area contributed by atoms with Gasteiger partial charge in [0, 0.05) is 6.61 Å². The summed E-state index contributed by atoms with van der Waals surface area (Å²) in [7, 11) is 1.66. The highest BCUT2D eigenvalue weighted by atomic mass is 16.5. The molecule has 0 saturated heterocycles. The third-order valence-corrected chi connectivity index (χ3v) is 5.95. The van der Waals surface area contributed by atoms with Crippen molar-refractivity contribution in [2.75, 3.05) is 13.7 Å². The van der Waals surface area contributed by atoms with Gasteiger partial charge >= 0.3 is 0 Å². The van der Waals surface area contributed by atoms with Crippen LogP contribution in [0.2, 0.25) is 0 Å². The molecule has 2 atom stereocenters. The van der Waals surface area contributed by atoms with Crippen molar-refractivity contribution in [3.63, 3.8) is 0 Å². The summed E-state index contributed by atoms with van der Waals surface area (Å²) in [6.07, 6.45) is 7.75. The Kier molecular flexibility index (Phi) is 6.10. The molecule has 0 amide bonds. The van der Waals surface area contributed by atoms with Crippen molar-refractivity contribution in [3.05, 3.63) is 23.5 Å². The highest BCUT2D eigenvalue weighted by Gasteiger charge is 2.43. The van der Waals surface area contributed by atoms with Crippen LogP contribution >= 0.6 is 0 Å². The molecule has 2 nitrogen and oxygen atoms in total. The molecule has 2 aliphatic carbocycles. The minimum absolute atomic E-state index is 0.144. The standard InChI is InChI=1S/C10H18.C9H16O2/c1-5-8-7-9(6-2)10(8,3)4;1-9(2)7(5-10)4-8(9)6-11-3/h5,9H,6-7H2,1-4H3;6-7,10H,4-5H2,1-3H3. The van der Waals surface area contributed by atoms with Gasteiger partial charge in [0.15, 0.2) is 0 Å². The summed E-state index contributed by atoms with van der Waals surface area (Å²) in [6.45, 7) is 13.7. The highest BCUT2D eigenvalue weighted by Crippen LogP contribution is 2.52. The summed E-state index contributed by atoms with van der Waals surface area (Å²) < 4.78 is 4.93. The lowest BCUT2D eigenvalue weighted by Crippen LogP contribution is -2.39. The molecule has 21 heavy (non-hydrogen) atoms. The maximum atomic E-state index is 8.94. The average molecular weight is 294 g/mol. The Balaban J connectivity index is 0.000000211. The summed E-state index contributed by atoms with van der Waals surface area (Å²) in [6, 6.07) is 0. The first-order chi connectivity index (χ1) is 9.75. The van der Waals surface area contributed by atoms with Crippen LogP contribution in [0.25, 0.3) is 0 Å². The number of allylic oxidation sites excluding steroid dienone is 3. The fourth-order valence-corrected chi connectivity index (χ4v) is 3.61. The van der Waals surface area contributed by atoms with Gasteiger partial charge in [-0.3, -0.25) is 0 Å². The lowest BCUT2D eigenvalue weighted by molar-refractivity contribution is 0.0790. The van der Waals surface area contributed by atoms with Crippen LogP contribution in [0.4, 0.5) is 0 Å². The zero-order valence-corrected chi connectivity index (χ0v) is 15.0. The van der Waals surface area contributed by atoms with Gasteiger partial charge in [0.1, 0.15) is 0 Å². The maximum Gasteiger partial charge on any atom is 0.0822 e. The van der Waals surface area contributed by atoms with Gasteiger partial charge in [-0.1, -0.05) is 52.7 Å². The van der Waals surface area contributed by atoms with Crippen molar-refractivity contribution < 1.29 is 9.84 Å². The van der Waals surface area contributed by atoms with E-state index in [2.05, 4.69) is 47.6 Å². The molecule has 1 N–H and O–H groups in total. The predicted octanol–water partition coefficient (Wildman–Crippen LogP) is 4.94. The van der Waals surface area contributed by atoms with E-state index in [1.807, 2.05) is 0 Å². The van der Waals surface area contributed by atoms with Crippen LogP contribution in [0.1, 0.15) is 60.8 Å². The number of rotatable bonds is 3. The first kappa shape index (κ1) is 18.3. The summed E-state index contributed by atoms with van der Waals surface area (Å²) in [5.41, 5.74) is 3.62. The molecule has 0 aliphatic heterocycles. The van der Waals surface area contributed by atoms with Gasteiger partial charge < -0.3 is 9.84 Å². The molecule has 2 saturated carbocycles. The lowest BCUT2D eigenvalue weighted by Gasteiger charge is -2.47. The normalized spacial score (nSPS) is 32.8. The molecule has 0 aromatic rings. The monoisotopic (exact) mass is 294 g/mol. The van der Waals surface area contributed by atoms with Gasteiger partial charge in [-0.25, -0.2) is 0 Å². The van der Waals surface area contributed by atoms with Gasteiger partial charge in [-0.05, 0) is 48.0 Å². The van der Waals surface area contributed by atoms with E-state index < -0.39 is 0 Å². The van der Waals surface area contributed by atoms with E-state index >= 15 is 0 Å². The first-order valence-corrected chi connectivity index (χ1v) is 8.24. The Morgan fingerprint density at radius 2 is 1.62 bits per heavy atom. The number of hydrogen-bond acceptors (Lipinski definition) is 2. The third kappa shape index (κ3) is 3.53. The molecule has 0 bridgehead atoms. The summed E-state index contributed by atoms with van der Waals surface area (Å²) >= 11 is 0. The molecule has 2 fully saturated rings. The minimum Gasteiger partial charge on any atom is -0.504 e. The van der Waals surface area contributed by atoms with Crippen LogP contribution in [-0.2, 0) is 4.74 Å². The number of aliphatic hydroxyl groups excluding tert-OH is 1. The zero-order chi connectivity index (χ0) is 16.3. The average Bonchev–Trinajstić information content (AvgIpc) is 2.43. The predicted molar refractivity (Wildman–Crippen MR) is 90.0 cm³/mol. The van der Waals surface area contributed by atoms with Crippen molar-refractivity contribution in [1.29, 1.82) is 0 Å². The second kappa shape index (κ2) is 7.00. The molecule has 2 rings (SSSR count). The topological polar surface area (TPSA) is 29.5 Å². The first-order valence-electron chi connectivity index (χ1n) is 8.24. The van der Waals surface area contributed by atoms with Crippen molar-refractivity contribution in [3.8, 4) is 0 Å². The number of aliphatic hydroxyl groups is 1. The zero-order valence-electron chi connectivity index (χ0n) is 15.0. The Hall–Kier alpha value is -0.760. The molecule has 2 heteroatoms. The highest BCUT2D eigenvalue weighted by molar-refractivity contribution is 5.23. The summed E-state index contributed by atoms with van der Waals surface area (Å²) in [4.78, 5) is 0. The Bertz CT molecular complexity index is 402. The van der Waals surface area contributed by atoms with Gasteiger partial charge in [-0.2, -0.15) is 0 Å². The number of ether oxygens (including phenoxy) is 1. The van der Waals surface area contributed by atoms with Crippen LogP contribution in [0, 0.1) is 22.7 Å². The Morgan fingerprint density at radius 3 is 1.95 bits per heavy atom. The molecule has 0 spiro atoms. The van der Waals surface area contributed by atoms with Crippen molar-refractivity contribution in [2.24, 2.45) is 22.7 Å². The second-order valence-electron chi connectivity index (χ2n) is 7.53. The van der Waals surface area contributed by atoms with Crippen LogP contribution < -0.4 is 0 Å². The van der Waals surface area contributed by atoms with Crippen molar-refractivity contribution in [2.45, 2.75) is 60.8 Å². The lowest BCUT2D eigenvalue weighted by atomic mass is 9.58. The smallest absolute Gasteiger partial charge is 0.0822 e. The quantitative estimate of drug-likeness (QED) is 0.590. The third-order valence-electron chi connectivity index (χ3n) is 5.95. The molecule has 0 aromatic heterocycles. The molecule has 0 heterocycles. The van der Waals surface area contributed by atoms with Gasteiger partial charge in [0.25, 0.3) is 0 Å². The van der Waals surface area contributed by atoms with Crippen LogP contribution in [0.3, 0.4) is 0 Å². The van der Waals surface area contributed by atoms with E-state index in [9.17, 15) is 0 Å². The Morgan fingerprint density at radius 1 is 1.10 bits per heavy atom. The van der Waals surface area contributed by atoms with Crippen molar-refractivity contribution in [1.82, 2.24) is 0 Å². The summed E-state index contributed by atoms with van der Waals surface area (Å²) in [5, 5.41) is 8.94. The second-order valence-corrected chi connectivity index (χ2v) is 7.53. The van der Waals surface area contributed by atoms with Gasteiger partial charge in [0.2, 0.25) is 0 Å². The molecule has 122 valence electrons. The van der Waals surface area contributed by atoms with E-state index in [1.165, 1.54) is 18.4 Å². The molecular weight excluding hydrogens is 260 g/mol. The fourth-order valence-electron chi connectivity index (χ4n) is 3.61. The number of methoxy groups -OCH3 is 1. The van der Waals surface area contributed by atoms with Crippen molar-refractivity contribution >= 4 is 0 Å². The van der Waals surface area contributed by atoms with Gasteiger partial charge in [0.05, 0.1) is 13.4 Å². The molecule has 2 aliphatic rings. The molecule has 0 aromatic carbocycles. The summed E-state index contributed by atoms with van der Waals surface area (Å²) in [5.74, 6) is 1.36. The van der Waals surface area contributed by atoms with Gasteiger partial charge in [-0.15, -0.1) is 0 Å². The largest absolute Gasteiger partial charge is 0.504 e. The van der Waals surface area contributed by atoms with E-state index in [4.69, 9.17) is 9.84 Å². The SMILES string of the molecule is CC=C1CC(CC)C1(C)C.COC=C1CC(CO)C1(C)C. The maximum absolute atomic E-state index is 8.94. The van der Waals surface area contributed by atoms with E-state index in [1.54, 1.807) is 18.9 Å². The molecular formula is C19H34O2. The Labute approximate surface area is 131 Å².